The van der Waals surface area contributed by atoms with E-state index >= 15 is 0 Å². The maximum absolute atomic E-state index is 9.42. The van der Waals surface area contributed by atoms with Crippen LogP contribution in [0.25, 0.3) is 0 Å². The number of rotatable bonds is 3. The van der Waals surface area contributed by atoms with Crippen molar-refractivity contribution in [1.29, 1.82) is 0 Å². The fraction of sp³-hybridized carbons (Fsp3) is 0.538. The van der Waals surface area contributed by atoms with Crippen LogP contribution in [0.5, 0.6) is 0 Å². The molecule has 17 heavy (non-hydrogen) atoms. The summed E-state index contributed by atoms with van der Waals surface area (Å²) >= 11 is 0. The number of benzene rings is 1. The van der Waals surface area contributed by atoms with Crippen LogP contribution in [0.4, 0.5) is 5.69 Å². The summed E-state index contributed by atoms with van der Waals surface area (Å²) in [7, 11) is 0. The van der Waals surface area contributed by atoms with Gasteiger partial charge in [-0.1, -0.05) is 18.2 Å². The molecule has 2 rings (SSSR count). The molecule has 0 saturated carbocycles. The molecule has 1 saturated heterocycles. The minimum Gasteiger partial charge on any atom is -0.394 e. The van der Waals surface area contributed by atoms with E-state index in [-0.39, 0.29) is 12.6 Å². The van der Waals surface area contributed by atoms with E-state index in [0.717, 1.165) is 17.8 Å². The number of hydrogen-bond donors (Lipinski definition) is 2. The summed E-state index contributed by atoms with van der Waals surface area (Å²) in [6.45, 7) is 4.80. The van der Waals surface area contributed by atoms with Crippen molar-refractivity contribution < 1.29 is 9.84 Å². The Morgan fingerprint density at radius 1 is 1.53 bits per heavy atom. The lowest BCUT2D eigenvalue weighted by Gasteiger charge is -2.38. The van der Waals surface area contributed by atoms with E-state index in [1.165, 1.54) is 5.56 Å². The van der Waals surface area contributed by atoms with Gasteiger partial charge in [0.25, 0.3) is 0 Å². The Morgan fingerprint density at radius 2 is 2.35 bits per heavy atom. The van der Waals surface area contributed by atoms with E-state index in [9.17, 15) is 5.11 Å². The summed E-state index contributed by atoms with van der Waals surface area (Å²) in [5.74, 6) is 0. The van der Waals surface area contributed by atoms with Crippen LogP contribution in [0.15, 0.2) is 18.2 Å². The van der Waals surface area contributed by atoms with E-state index in [4.69, 9.17) is 10.5 Å². The minimum absolute atomic E-state index is 0.0372. The largest absolute Gasteiger partial charge is 0.394 e. The fourth-order valence-electron chi connectivity index (χ4n) is 2.40. The van der Waals surface area contributed by atoms with Crippen LogP contribution in [0.2, 0.25) is 0 Å². The Balaban J connectivity index is 2.36. The molecule has 0 amide bonds. The second-order valence-electron chi connectivity index (χ2n) is 4.39. The van der Waals surface area contributed by atoms with Gasteiger partial charge in [-0.15, -0.1) is 0 Å². The highest BCUT2D eigenvalue weighted by molar-refractivity contribution is 5.60. The van der Waals surface area contributed by atoms with Crippen LogP contribution in [0.1, 0.15) is 11.1 Å². The number of aliphatic hydroxyl groups is 1. The van der Waals surface area contributed by atoms with E-state index in [0.29, 0.717) is 19.8 Å². The maximum Gasteiger partial charge on any atom is 0.0755 e. The number of morpholine rings is 1. The second kappa shape index (κ2) is 5.49. The van der Waals surface area contributed by atoms with Crippen LogP contribution in [-0.4, -0.2) is 37.5 Å². The number of ether oxygens (including phenoxy) is 1. The third-order valence-corrected chi connectivity index (χ3v) is 3.27. The van der Waals surface area contributed by atoms with Gasteiger partial charge in [-0.05, 0) is 18.1 Å². The van der Waals surface area contributed by atoms with Crippen LogP contribution in [-0.2, 0) is 11.3 Å². The molecular formula is C13H20N2O2. The van der Waals surface area contributed by atoms with Gasteiger partial charge < -0.3 is 20.5 Å². The van der Waals surface area contributed by atoms with E-state index < -0.39 is 0 Å². The lowest BCUT2D eigenvalue weighted by molar-refractivity contribution is 0.0726. The predicted octanol–water partition coefficient (Wildman–Crippen LogP) is 0.651. The monoisotopic (exact) mass is 236 g/mol. The van der Waals surface area contributed by atoms with E-state index in [2.05, 4.69) is 17.9 Å². The number of aryl methyl sites for hydroxylation is 1. The first kappa shape index (κ1) is 12.4. The Hall–Kier alpha value is -1.10. The first-order chi connectivity index (χ1) is 8.27. The Morgan fingerprint density at radius 3 is 3.06 bits per heavy atom. The minimum atomic E-state index is 0.0372. The summed E-state index contributed by atoms with van der Waals surface area (Å²) in [5, 5.41) is 9.42. The molecule has 1 atom stereocenters. The van der Waals surface area contributed by atoms with Gasteiger partial charge in [0.05, 0.1) is 25.9 Å². The summed E-state index contributed by atoms with van der Waals surface area (Å²) in [6, 6.07) is 6.19. The lowest BCUT2D eigenvalue weighted by Crippen LogP contribution is -2.48. The number of nitrogens with two attached hydrogens (primary N) is 1. The van der Waals surface area contributed by atoms with Gasteiger partial charge >= 0.3 is 0 Å². The lowest BCUT2D eigenvalue weighted by atomic mass is 10.0. The average molecular weight is 236 g/mol. The summed E-state index contributed by atoms with van der Waals surface area (Å²) < 4.78 is 5.41. The van der Waals surface area contributed by atoms with Crippen molar-refractivity contribution >= 4 is 5.69 Å². The molecule has 1 aromatic rings. The molecule has 1 fully saturated rings. The van der Waals surface area contributed by atoms with Gasteiger partial charge in [-0.2, -0.15) is 0 Å². The van der Waals surface area contributed by atoms with Gasteiger partial charge in [-0.3, -0.25) is 0 Å². The van der Waals surface area contributed by atoms with Crippen molar-refractivity contribution in [3.63, 3.8) is 0 Å². The topological polar surface area (TPSA) is 58.7 Å². The van der Waals surface area contributed by atoms with Crippen LogP contribution in [0, 0.1) is 6.92 Å². The van der Waals surface area contributed by atoms with E-state index in [1.807, 2.05) is 12.1 Å². The quantitative estimate of drug-likeness (QED) is 0.809. The molecule has 0 spiro atoms. The molecule has 1 unspecified atom stereocenters. The fourth-order valence-corrected chi connectivity index (χ4v) is 2.40. The van der Waals surface area contributed by atoms with E-state index in [1.54, 1.807) is 0 Å². The number of anilines is 1. The molecule has 0 radical (unpaired) electrons. The molecule has 1 heterocycles. The third-order valence-electron chi connectivity index (χ3n) is 3.27. The van der Waals surface area contributed by atoms with Gasteiger partial charge in [0.1, 0.15) is 0 Å². The predicted molar refractivity (Wildman–Crippen MR) is 68.1 cm³/mol. The maximum atomic E-state index is 9.42. The van der Waals surface area contributed by atoms with Crippen molar-refractivity contribution in [3.8, 4) is 0 Å². The van der Waals surface area contributed by atoms with Gasteiger partial charge in [-0.25, -0.2) is 0 Å². The van der Waals surface area contributed by atoms with Crippen LogP contribution in [0.3, 0.4) is 0 Å². The van der Waals surface area contributed by atoms with Crippen molar-refractivity contribution in [1.82, 2.24) is 0 Å². The van der Waals surface area contributed by atoms with Crippen molar-refractivity contribution in [2.45, 2.75) is 19.5 Å². The molecule has 1 aromatic carbocycles. The standard InChI is InChI=1S/C13H20N2O2/c1-10-3-2-4-11(7-14)13(10)15-5-6-17-9-12(15)8-16/h2-4,12,16H,5-9,14H2,1H3. The SMILES string of the molecule is Cc1cccc(CN)c1N1CCOCC1CO. The number of aliphatic hydroxyl groups excluding tert-OH is 1. The van der Waals surface area contributed by atoms with Crippen molar-refractivity contribution in [3.05, 3.63) is 29.3 Å². The summed E-state index contributed by atoms with van der Waals surface area (Å²) in [4.78, 5) is 2.22. The number of nitrogens with zero attached hydrogens (tertiary/aromatic N) is 1. The number of para-hydroxylation sites is 1. The van der Waals surface area contributed by atoms with Gasteiger partial charge in [0, 0.05) is 18.8 Å². The molecule has 4 heteroatoms. The highest BCUT2D eigenvalue weighted by atomic mass is 16.5. The molecule has 0 aliphatic carbocycles. The van der Waals surface area contributed by atoms with Gasteiger partial charge in [0.2, 0.25) is 0 Å². The van der Waals surface area contributed by atoms with Crippen LogP contribution < -0.4 is 10.6 Å². The smallest absolute Gasteiger partial charge is 0.0755 e. The van der Waals surface area contributed by atoms with Crippen molar-refractivity contribution in [2.75, 3.05) is 31.3 Å². The second-order valence-corrected chi connectivity index (χ2v) is 4.39. The molecule has 4 nitrogen and oxygen atoms in total. The molecule has 0 bridgehead atoms. The van der Waals surface area contributed by atoms with Crippen molar-refractivity contribution in [2.24, 2.45) is 5.73 Å². The molecule has 94 valence electrons. The zero-order chi connectivity index (χ0) is 12.3. The first-order valence-corrected chi connectivity index (χ1v) is 6.01. The molecule has 3 N–H and O–H groups in total. The average Bonchev–Trinajstić information content (AvgIpc) is 2.38. The highest BCUT2D eigenvalue weighted by Crippen LogP contribution is 2.28. The highest BCUT2D eigenvalue weighted by Gasteiger charge is 2.25. The third kappa shape index (κ3) is 2.44. The molecule has 1 aliphatic heterocycles. The molecular weight excluding hydrogens is 216 g/mol. The summed E-state index contributed by atoms with van der Waals surface area (Å²) in [6.07, 6.45) is 0. The Bertz CT molecular complexity index is 382. The first-order valence-electron chi connectivity index (χ1n) is 6.01. The molecule has 0 aromatic heterocycles. The van der Waals surface area contributed by atoms with Crippen LogP contribution >= 0.6 is 0 Å². The molecule has 1 aliphatic rings. The zero-order valence-corrected chi connectivity index (χ0v) is 10.2. The number of hydrogen-bond acceptors (Lipinski definition) is 4. The Kier molecular flexibility index (Phi) is 3.99. The zero-order valence-electron chi connectivity index (χ0n) is 10.2. The normalized spacial score (nSPS) is 20.6. The van der Waals surface area contributed by atoms with Gasteiger partial charge in [0.15, 0.2) is 0 Å². The Labute approximate surface area is 102 Å². The summed E-state index contributed by atoms with van der Waals surface area (Å²) in [5.41, 5.74) is 9.29.